The lowest BCUT2D eigenvalue weighted by Crippen LogP contribution is -2.24. The van der Waals surface area contributed by atoms with Gasteiger partial charge in [0.25, 0.3) is 0 Å². The van der Waals surface area contributed by atoms with E-state index in [0.717, 1.165) is 31.8 Å². The van der Waals surface area contributed by atoms with E-state index in [9.17, 15) is 0 Å². The largest absolute Gasteiger partial charge is 0.376 e. The minimum atomic E-state index is 0.276. The maximum absolute atomic E-state index is 5.71. The zero-order chi connectivity index (χ0) is 14.9. The van der Waals surface area contributed by atoms with Crippen molar-refractivity contribution >= 4 is 0 Å². The van der Waals surface area contributed by atoms with Crippen LogP contribution in [0.4, 0.5) is 0 Å². The molecule has 21 heavy (non-hydrogen) atoms. The van der Waals surface area contributed by atoms with E-state index in [4.69, 9.17) is 9.47 Å². The monoisotopic (exact) mass is 292 g/mol. The van der Waals surface area contributed by atoms with Crippen LogP contribution in [0.3, 0.4) is 0 Å². The lowest BCUT2D eigenvalue weighted by Gasteiger charge is -2.22. The smallest absolute Gasteiger partial charge is 0.0889 e. The second-order valence-electron chi connectivity index (χ2n) is 6.19. The van der Waals surface area contributed by atoms with Gasteiger partial charge in [0, 0.05) is 19.3 Å². The number of hydrogen-bond donors (Lipinski definition) is 1. The summed E-state index contributed by atoms with van der Waals surface area (Å²) in [6.45, 7) is 8.46. The number of nitrogens with zero attached hydrogens (tertiary/aromatic N) is 1. The summed E-state index contributed by atoms with van der Waals surface area (Å²) in [6.07, 6.45) is 5.77. The van der Waals surface area contributed by atoms with Gasteiger partial charge in [0.05, 0.1) is 25.0 Å². The van der Waals surface area contributed by atoms with Crippen LogP contribution in [0.25, 0.3) is 0 Å². The summed E-state index contributed by atoms with van der Waals surface area (Å²) in [5, 5.41) is 3.42. The van der Waals surface area contributed by atoms with Crippen LogP contribution >= 0.6 is 0 Å². The minimum absolute atomic E-state index is 0.276. The highest BCUT2D eigenvalue weighted by molar-refractivity contribution is 5.13. The fourth-order valence-corrected chi connectivity index (χ4v) is 2.38. The maximum atomic E-state index is 5.71. The first-order valence-electron chi connectivity index (χ1n) is 8.08. The highest BCUT2D eigenvalue weighted by Gasteiger charge is 2.13. The van der Waals surface area contributed by atoms with Gasteiger partial charge < -0.3 is 14.8 Å². The molecule has 0 amide bonds. The van der Waals surface area contributed by atoms with Gasteiger partial charge in [-0.05, 0) is 43.4 Å². The third kappa shape index (κ3) is 6.55. The lowest BCUT2D eigenvalue weighted by atomic mass is 10.1. The van der Waals surface area contributed by atoms with Crippen molar-refractivity contribution < 1.29 is 9.47 Å². The maximum Gasteiger partial charge on any atom is 0.0889 e. The topological polar surface area (TPSA) is 43.4 Å². The normalized spacial score (nSPS) is 19.1. The summed E-state index contributed by atoms with van der Waals surface area (Å²) in [5.41, 5.74) is 2.20. The molecule has 1 N–H and O–H groups in total. The Morgan fingerprint density at radius 2 is 2.29 bits per heavy atom. The highest BCUT2D eigenvalue weighted by Crippen LogP contribution is 2.13. The van der Waals surface area contributed by atoms with Gasteiger partial charge in [-0.3, -0.25) is 4.98 Å². The third-order valence-electron chi connectivity index (χ3n) is 3.60. The molecule has 1 aliphatic rings. The first-order chi connectivity index (χ1) is 10.2. The summed E-state index contributed by atoms with van der Waals surface area (Å²) in [4.78, 5) is 4.45. The summed E-state index contributed by atoms with van der Waals surface area (Å²) in [6, 6.07) is 4.17. The van der Waals surface area contributed by atoms with E-state index in [-0.39, 0.29) is 6.10 Å². The van der Waals surface area contributed by atoms with Gasteiger partial charge in [0.2, 0.25) is 0 Å². The van der Waals surface area contributed by atoms with Crippen LogP contribution in [0, 0.1) is 5.92 Å². The number of pyridine rings is 1. The molecule has 2 heterocycles. The Morgan fingerprint density at radius 3 is 2.95 bits per heavy atom. The molecule has 1 aromatic rings. The molecule has 0 bridgehead atoms. The quantitative estimate of drug-likeness (QED) is 0.800. The van der Waals surface area contributed by atoms with Gasteiger partial charge in [-0.1, -0.05) is 19.9 Å². The summed E-state index contributed by atoms with van der Waals surface area (Å²) >= 11 is 0. The molecule has 1 fully saturated rings. The van der Waals surface area contributed by atoms with Crippen LogP contribution in [0.2, 0.25) is 0 Å². The van der Waals surface area contributed by atoms with E-state index in [0.29, 0.717) is 19.1 Å². The number of rotatable bonds is 8. The Balaban J connectivity index is 1.64. The summed E-state index contributed by atoms with van der Waals surface area (Å²) < 4.78 is 11.4. The van der Waals surface area contributed by atoms with Gasteiger partial charge >= 0.3 is 0 Å². The van der Waals surface area contributed by atoms with Gasteiger partial charge in [0.1, 0.15) is 0 Å². The second kappa shape index (κ2) is 9.13. The van der Waals surface area contributed by atoms with Crippen molar-refractivity contribution in [3.63, 3.8) is 0 Å². The summed E-state index contributed by atoms with van der Waals surface area (Å²) in [5.74, 6) is 0.674. The minimum Gasteiger partial charge on any atom is -0.376 e. The molecule has 118 valence electrons. The molecule has 0 saturated carbocycles. The molecule has 0 spiro atoms. The Morgan fingerprint density at radius 1 is 1.38 bits per heavy atom. The Bertz CT molecular complexity index is 386. The van der Waals surface area contributed by atoms with Gasteiger partial charge in [-0.2, -0.15) is 0 Å². The highest BCUT2D eigenvalue weighted by atomic mass is 16.5. The second-order valence-corrected chi connectivity index (χ2v) is 6.19. The number of ether oxygens (including phenoxy) is 2. The van der Waals surface area contributed by atoms with Crippen LogP contribution in [-0.2, 0) is 22.6 Å². The number of hydrogen-bond acceptors (Lipinski definition) is 4. The fraction of sp³-hybridized carbons (Fsp3) is 0.706. The molecular formula is C17H28N2O2. The average molecular weight is 292 g/mol. The standard InChI is InChI=1S/C17H28N2O2/c1-14(2)9-18-10-15-6-7-16(19-11-15)12-20-13-17-5-3-4-8-21-17/h6-7,11,14,17-18H,3-5,8-10,12-13H2,1-2H3. The third-order valence-corrected chi connectivity index (χ3v) is 3.60. The van der Waals surface area contributed by atoms with E-state index in [1.165, 1.54) is 18.4 Å². The number of nitrogens with one attached hydrogen (secondary N) is 1. The van der Waals surface area contributed by atoms with Crippen molar-refractivity contribution in [1.29, 1.82) is 0 Å². The molecule has 1 unspecified atom stereocenters. The van der Waals surface area contributed by atoms with Gasteiger partial charge in [-0.15, -0.1) is 0 Å². The van der Waals surface area contributed by atoms with Crippen LogP contribution < -0.4 is 5.32 Å². The van der Waals surface area contributed by atoms with Gasteiger partial charge in [-0.25, -0.2) is 0 Å². The molecule has 4 nitrogen and oxygen atoms in total. The van der Waals surface area contributed by atoms with E-state index in [1.54, 1.807) is 0 Å². The van der Waals surface area contributed by atoms with E-state index >= 15 is 0 Å². The van der Waals surface area contributed by atoms with Gasteiger partial charge in [0.15, 0.2) is 0 Å². The van der Waals surface area contributed by atoms with Crippen LogP contribution in [-0.4, -0.2) is 30.8 Å². The molecule has 0 aromatic carbocycles. The molecule has 4 heteroatoms. The summed E-state index contributed by atoms with van der Waals surface area (Å²) in [7, 11) is 0. The molecular weight excluding hydrogens is 264 g/mol. The average Bonchev–Trinajstić information content (AvgIpc) is 2.50. The predicted molar refractivity (Wildman–Crippen MR) is 84.0 cm³/mol. The molecule has 0 radical (unpaired) electrons. The zero-order valence-electron chi connectivity index (χ0n) is 13.3. The van der Waals surface area contributed by atoms with Crippen LogP contribution in [0.15, 0.2) is 18.3 Å². The molecule has 1 aromatic heterocycles. The molecule has 0 aliphatic carbocycles. The Kier molecular flexibility index (Phi) is 7.13. The van der Waals surface area contributed by atoms with E-state index < -0.39 is 0 Å². The molecule has 2 rings (SSSR count). The van der Waals surface area contributed by atoms with Crippen molar-refractivity contribution in [1.82, 2.24) is 10.3 Å². The zero-order valence-corrected chi connectivity index (χ0v) is 13.3. The Labute approximate surface area is 128 Å². The van der Waals surface area contributed by atoms with E-state index in [2.05, 4.69) is 30.2 Å². The Hall–Kier alpha value is -0.970. The van der Waals surface area contributed by atoms with Crippen molar-refractivity contribution in [3.8, 4) is 0 Å². The van der Waals surface area contributed by atoms with Crippen molar-refractivity contribution in [2.45, 2.75) is 52.4 Å². The van der Waals surface area contributed by atoms with E-state index in [1.807, 2.05) is 12.3 Å². The first-order valence-corrected chi connectivity index (χ1v) is 8.08. The SMILES string of the molecule is CC(C)CNCc1ccc(COCC2CCCCO2)nc1. The lowest BCUT2D eigenvalue weighted by molar-refractivity contribution is -0.0452. The predicted octanol–water partition coefficient (Wildman–Crippen LogP) is 2.91. The van der Waals surface area contributed by atoms with Crippen LogP contribution in [0.1, 0.15) is 44.4 Å². The first kappa shape index (κ1) is 16.4. The van der Waals surface area contributed by atoms with Crippen molar-refractivity contribution in [2.24, 2.45) is 5.92 Å². The molecule has 1 atom stereocenters. The van der Waals surface area contributed by atoms with Crippen molar-refractivity contribution in [2.75, 3.05) is 19.8 Å². The molecule has 1 saturated heterocycles. The number of aromatic nitrogens is 1. The van der Waals surface area contributed by atoms with Crippen molar-refractivity contribution in [3.05, 3.63) is 29.6 Å². The molecule has 1 aliphatic heterocycles. The fourth-order valence-electron chi connectivity index (χ4n) is 2.38. The van der Waals surface area contributed by atoms with Crippen LogP contribution in [0.5, 0.6) is 0 Å².